The molecule has 1 aromatic heterocycles. The molecule has 0 saturated heterocycles. The minimum Gasteiger partial charge on any atom is -0.494 e. The largest absolute Gasteiger partial charge is 0.494 e. The third-order valence-electron chi connectivity index (χ3n) is 3.86. The van der Waals surface area contributed by atoms with Crippen molar-refractivity contribution in [2.45, 2.75) is 25.8 Å². The highest BCUT2D eigenvalue weighted by Gasteiger charge is 2.12. The summed E-state index contributed by atoms with van der Waals surface area (Å²) in [5, 5.41) is 8.69. The quantitative estimate of drug-likeness (QED) is 0.365. The summed E-state index contributed by atoms with van der Waals surface area (Å²) in [5.74, 6) is 0.982. The number of benzene rings is 1. The van der Waals surface area contributed by atoms with Crippen LogP contribution in [0, 0.1) is 5.82 Å². The number of methoxy groups -OCH3 is 1. The van der Waals surface area contributed by atoms with Crippen molar-refractivity contribution in [1.29, 1.82) is 0 Å². The maximum Gasteiger partial charge on any atom is 0.191 e. The van der Waals surface area contributed by atoms with Crippen molar-refractivity contribution in [3.05, 3.63) is 52.0 Å². The third kappa shape index (κ3) is 6.14. The Balaban J connectivity index is 0.00000312. The van der Waals surface area contributed by atoms with Gasteiger partial charge in [-0.25, -0.2) is 4.39 Å². The average molecular weight is 477 g/mol. The Labute approximate surface area is 169 Å². The lowest BCUT2D eigenvalue weighted by atomic mass is 10.1. The smallest absolute Gasteiger partial charge is 0.191 e. The zero-order chi connectivity index (χ0) is 17.5. The fourth-order valence-corrected chi connectivity index (χ4v) is 3.14. The Kier molecular flexibility index (Phi) is 9.20. The highest BCUT2D eigenvalue weighted by molar-refractivity contribution is 14.0. The first-order valence-electron chi connectivity index (χ1n) is 7.89. The van der Waals surface area contributed by atoms with E-state index in [0.717, 1.165) is 12.1 Å². The monoisotopic (exact) mass is 477 g/mol. The molecule has 2 atom stereocenters. The minimum atomic E-state index is -0.363. The molecule has 0 fully saturated rings. The highest BCUT2D eigenvalue weighted by Crippen LogP contribution is 2.22. The molecule has 0 aliphatic heterocycles. The molecule has 7 heteroatoms. The van der Waals surface area contributed by atoms with Crippen LogP contribution < -0.4 is 15.4 Å². The number of halogens is 2. The van der Waals surface area contributed by atoms with Crippen molar-refractivity contribution < 1.29 is 9.13 Å². The first-order chi connectivity index (χ1) is 11.5. The maximum atomic E-state index is 13.8. The molecule has 2 N–H and O–H groups in total. The molecule has 4 nitrogen and oxygen atoms in total. The number of hydrogen-bond acceptors (Lipinski definition) is 3. The van der Waals surface area contributed by atoms with Gasteiger partial charge in [0.1, 0.15) is 0 Å². The lowest BCUT2D eigenvalue weighted by Gasteiger charge is -2.20. The molecule has 2 unspecified atom stereocenters. The van der Waals surface area contributed by atoms with Gasteiger partial charge in [0, 0.05) is 24.4 Å². The summed E-state index contributed by atoms with van der Waals surface area (Å²) in [4.78, 5) is 5.58. The second-order valence-corrected chi connectivity index (χ2v) is 6.61. The zero-order valence-corrected chi connectivity index (χ0v) is 18.0. The number of nitrogens with one attached hydrogen (secondary N) is 2. The average Bonchev–Trinajstić information content (AvgIpc) is 3.12. The number of rotatable bonds is 6. The third-order valence-corrected chi connectivity index (χ3v) is 4.96. The van der Waals surface area contributed by atoms with Gasteiger partial charge in [0.15, 0.2) is 17.5 Å². The molecule has 138 valence electrons. The summed E-state index contributed by atoms with van der Waals surface area (Å²) < 4.78 is 18.8. The van der Waals surface area contributed by atoms with Crippen molar-refractivity contribution in [3.8, 4) is 5.75 Å². The zero-order valence-electron chi connectivity index (χ0n) is 14.9. The van der Waals surface area contributed by atoms with Crippen LogP contribution in [-0.2, 0) is 0 Å². The van der Waals surface area contributed by atoms with E-state index in [1.54, 1.807) is 24.5 Å². The molecule has 25 heavy (non-hydrogen) atoms. The Hall–Kier alpha value is -1.35. The second-order valence-electron chi connectivity index (χ2n) is 5.63. The fraction of sp³-hybridized carbons (Fsp3) is 0.389. The molecule has 0 aliphatic rings. The summed E-state index contributed by atoms with van der Waals surface area (Å²) in [7, 11) is 3.19. The summed E-state index contributed by atoms with van der Waals surface area (Å²) in [6.45, 7) is 4.93. The molecule has 0 bridgehead atoms. The van der Waals surface area contributed by atoms with Crippen molar-refractivity contribution in [2.75, 3.05) is 20.7 Å². The van der Waals surface area contributed by atoms with Gasteiger partial charge in [-0.1, -0.05) is 19.1 Å². The molecule has 1 heterocycles. The molecule has 0 aliphatic carbocycles. The molecule has 0 radical (unpaired) electrons. The van der Waals surface area contributed by atoms with E-state index in [-0.39, 0.29) is 41.6 Å². The predicted octanol–water partition coefficient (Wildman–Crippen LogP) is 4.54. The van der Waals surface area contributed by atoms with E-state index < -0.39 is 0 Å². The lowest BCUT2D eigenvalue weighted by Crippen LogP contribution is -2.40. The molecule has 0 amide bonds. The van der Waals surface area contributed by atoms with Crippen LogP contribution in [0.4, 0.5) is 4.39 Å². The van der Waals surface area contributed by atoms with Gasteiger partial charge in [0.25, 0.3) is 0 Å². The normalized spacial score (nSPS) is 13.6. The number of thiophene rings is 1. The number of guanidine groups is 1. The standard InChI is InChI=1S/C18H24FN3OS.HI/c1-12(17-6-5-9-24-17)11-21-18(20-3)22-13(2)14-7-8-16(23-4)15(19)10-14;/h5-10,12-13H,11H2,1-4H3,(H2,20,21,22);1H. The van der Waals surface area contributed by atoms with Gasteiger partial charge in [-0.05, 0) is 36.1 Å². The number of ether oxygens (including phenoxy) is 1. The van der Waals surface area contributed by atoms with Crippen LogP contribution >= 0.6 is 35.3 Å². The van der Waals surface area contributed by atoms with Crippen LogP contribution in [0.15, 0.2) is 40.7 Å². The van der Waals surface area contributed by atoms with Gasteiger partial charge in [-0.3, -0.25) is 4.99 Å². The van der Waals surface area contributed by atoms with Crippen LogP contribution in [0.5, 0.6) is 5.75 Å². The first-order valence-corrected chi connectivity index (χ1v) is 8.77. The van der Waals surface area contributed by atoms with Gasteiger partial charge >= 0.3 is 0 Å². The molecule has 1 aromatic carbocycles. The van der Waals surface area contributed by atoms with E-state index in [1.807, 2.05) is 13.0 Å². The van der Waals surface area contributed by atoms with Crippen LogP contribution in [0.1, 0.15) is 36.2 Å². The topological polar surface area (TPSA) is 45.7 Å². The van der Waals surface area contributed by atoms with Gasteiger partial charge in [0.2, 0.25) is 0 Å². The van der Waals surface area contributed by atoms with E-state index in [2.05, 4.69) is 40.1 Å². The van der Waals surface area contributed by atoms with E-state index >= 15 is 0 Å². The molecule has 0 saturated carbocycles. The Morgan fingerprint density at radius 3 is 2.64 bits per heavy atom. The Morgan fingerprint density at radius 2 is 2.08 bits per heavy atom. The number of hydrogen-bond donors (Lipinski definition) is 2. The number of nitrogens with zero attached hydrogens (tertiary/aromatic N) is 1. The molecule has 0 spiro atoms. The van der Waals surface area contributed by atoms with Crippen molar-refractivity contribution in [3.63, 3.8) is 0 Å². The molecular formula is C18H25FIN3OS. The van der Waals surface area contributed by atoms with E-state index in [0.29, 0.717) is 11.9 Å². The number of aliphatic imine (C=N–C) groups is 1. The van der Waals surface area contributed by atoms with Crippen molar-refractivity contribution in [1.82, 2.24) is 10.6 Å². The maximum absolute atomic E-state index is 13.8. The van der Waals surface area contributed by atoms with Crippen LogP contribution in [-0.4, -0.2) is 26.7 Å². The summed E-state index contributed by atoms with van der Waals surface area (Å²) in [6.07, 6.45) is 0. The molecule has 2 aromatic rings. The minimum absolute atomic E-state index is 0. The Morgan fingerprint density at radius 1 is 1.32 bits per heavy atom. The van der Waals surface area contributed by atoms with Gasteiger partial charge in [-0.15, -0.1) is 35.3 Å². The molecule has 2 rings (SSSR count). The van der Waals surface area contributed by atoms with Gasteiger partial charge in [0.05, 0.1) is 13.2 Å². The van der Waals surface area contributed by atoms with Crippen LogP contribution in [0.2, 0.25) is 0 Å². The summed E-state index contributed by atoms with van der Waals surface area (Å²) in [5.41, 5.74) is 0.836. The van der Waals surface area contributed by atoms with E-state index in [4.69, 9.17) is 4.74 Å². The van der Waals surface area contributed by atoms with E-state index in [9.17, 15) is 4.39 Å². The van der Waals surface area contributed by atoms with Crippen LogP contribution in [0.3, 0.4) is 0 Å². The highest BCUT2D eigenvalue weighted by atomic mass is 127. The van der Waals surface area contributed by atoms with Crippen LogP contribution in [0.25, 0.3) is 0 Å². The molecular weight excluding hydrogens is 452 g/mol. The van der Waals surface area contributed by atoms with Crippen molar-refractivity contribution >= 4 is 41.3 Å². The lowest BCUT2D eigenvalue weighted by molar-refractivity contribution is 0.386. The fourth-order valence-electron chi connectivity index (χ4n) is 2.36. The van der Waals surface area contributed by atoms with Crippen molar-refractivity contribution in [2.24, 2.45) is 4.99 Å². The second kappa shape index (κ2) is 10.6. The predicted molar refractivity (Wildman–Crippen MR) is 114 cm³/mol. The Bertz CT molecular complexity index is 679. The summed E-state index contributed by atoms with van der Waals surface area (Å²) >= 11 is 1.75. The first kappa shape index (κ1) is 21.7. The van der Waals surface area contributed by atoms with Gasteiger partial charge < -0.3 is 15.4 Å². The van der Waals surface area contributed by atoms with Gasteiger partial charge in [-0.2, -0.15) is 0 Å². The van der Waals surface area contributed by atoms with E-state index in [1.165, 1.54) is 18.1 Å². The SMILES string of the molecule is CN=C(NCC(C)c1cccs1)NC(C)c1ccc(OC)c(F)c1.I. The summed E-state index contributed by atoms with van der Waals surface area (Å²) in [6, 6.07) is 9.09.